The summed E-state index contributed by atoms with van der Waals surface area (Å²) in [6.45, 7) is 0.879. The summed E-state index contributed by atoms with van der Waals surface area (Å²) in [5.41, 5.74) is -4.37. The van der Waals surface area contributed by atoms with Crippen molar-refractivity contribution in [3.05, 3.63) is 70.7 Å². The van der Waals surface area contributed by atoms with Gasteiger partial charge in [-0.3, -0.25) is 9.52 Å². The lowest BCUT2D eigenvalue weighted by Crippen LogP contribution is -2.69. The van der Waals surface area contributed by atoms with Crippen LogP contribution >= 0.6 is 22.9 Å². The third-order valence-electron chi connectivity index (χ3n) is 4.58. The summed E-state index contributed by atoms with van der Waals surface area (Å²) in [6, 6.07) is 9.35. The lowest BCUT2D eigenvalue weighted by atomic mass is 10.1. The summed E-state index contributed by atoms with van der Waals surface area (Å²) in [6.07, 6.45) is -4.01. The molecule has 192 valence electrons. The van der Waals surface area contributed by atoms with Crippen molar-refractivity contribution in [3.63, 3.8) is 0 Å². The Morgan fingerprint density at radius 2 is 1.78 bits per heavy atom. The van der Waals surface area contributed by atoms with Crippen LogP contribution in [0.3, 0.4) is 0 Å². The SMILES string of the molecule is CCOC(=O)C(NC(=O)c1ccccc1Cl)(Nc1ccc(S(=O)(=O)Nc2nccs2)cc1)C(F)(F)F. The number of rotatable bonds is 9. The van der Waals surface area contributed by atoms with Gasteiger partial charge in [-0.2, -0.15) is 13.2 Å². The van der Waals surface area contributed by atoms with E-state index in [1.54, 1.807) is 10.7 Å². The van der Waals surface area contributed by atoms with Crippen molar-refractivity contribution in [2.75, 3.05) is 16.6 Å². The van der Waals surface area contributed by atoms with Crippen LogP contribution in [0.2, 0.25) is 5.02 Å². The number of amides is 1. The van der Waals surface area contributed by atoms with Crippen LogP contribution in [0.1, 0.15) is 17.3 Å². The fourth-order valence-electron chi connectivity index (χ4n) is 2.89. The first kappa shape index (κ1) is 27.2. The van der Waals surface area contributed by atoms with E-state index in [0.29, 0.717) is 0 Å². The molecule has 9 nitrogen and oxygen atoms in total. The standard InChI is InChI=1S/C21H18ClF3N4O5S2/c1-2-34-18(31)20(21(23,24)25,28-17(30)15-5-3-4-6-16(15)22)27-13-7-9-14(10-8-13)36(32,33)29-19-26-11-12-35-19/h3-12,27H,2H2,1H3,(H,26,29)(H,28,30). The number of hydrogen-bond donors (Lipinski definition) is 3. The number of alkyl halides is 3. The molecule has 0 saturated carbocycles. The van der Waals surface area contributed by atoms with E-state index in [0.717, 1.165) is 35.6 Å². The third kappa shape index (κ3) is 5.88. The zero-order valence-electron chi connectivity index (χ0n) is 18.3. The first-order valence-corrected chi connectivity index (χ1v) is 12.8. The van der Waals surface area contributed by atoms with E-state index in [4.69, 9.17) is 11.6 Å². The Labute approximate surface area is 212 Å². The molecule has 2 aromatic carbocycles. The fourth-order valence-corrected chi connectivity index (χ4v) is 4.91. The number of anilines is 2. The molecule has 0 spiro atoms. The van der Waals surface area contributed by atoms with E-state index >= 15 is 0 Å². The largest absolute Gasteiger partial charge is 0.463 e. The Morgan fingerprint density at radius 1 is 1.11 bits per heavy atom. The lowest BCUT2D eigenvalue weighted by molar-refractivity contribution is -0.204. The second-order valence-corrected chi connectivity index (χ2v) is 9.98. The molecule has 0 aliphatic rings. The number of thiazole rings is 1. The van der Waals surface area contributed by atoms with Crippen molar-refractivity contribution in [2.24, 2.45) is 0 Å². The average Bonchev–Trinajstić information content (AvgIpc) is 3.31. The number of carbonyl (C=O) groups excluding carboxylic acids is 2. The predicted octanol–water partition coefficient (Wildman–Crippen LogP) is 4.26. The minimum Gasteiger partial charge on any atom is -0.463 e. The Balaban J connectivity index is 1.97. The predicted molar refractivity (Wildman–Crippen MR) is 127 cm³/mol. The van der Waals surface area contributed by atoms with Gasteiger partial charge in [0.25, 0.3) is 15.9 Å². The molecule has 1 aromatic heterocycles. The molecule has 0 fully saturated rings. The first-order chi connectivity index (χ1) is 16.9. The minimum absolute atomic E-state index is 0.0953. The monoisotopic (exact) mass is 562 g/mol. The Hall–Kier alpha value is -3.36. The third-order valence-corrected chi connectivity index (χ3v) is 7.08. The second-order valence-electron chi connectivity index (χ2n) is 6.99. The van der Waals surface area contributed by atoms with E-state index in [9.17, 15) is 31.2 Å². The molecule has 0 aliphatic carbocycles. The average molecular weight is 563 g/mol. The summed E-state index contributed by atoms with van der Waals surface area (Å²) < 4.78 is 75.0. The number of hydrogen-bond acceptors (Lipinski definition) is 8. The maximum absolute atomic E-state index is 14.4. The van der Waals surface area contributed by atoms with E-state index in [1.165, 1.54) is 37.4 Å². The van der Waals surface area contributed by atoms with Gasteiger partial charge in [0.1, 0.15) is 0 Å². The van der Waals surface area contributed by atoms with E-state index in [1.807, 2.05) is 5.32 Å². The molecule has 0 radical (unpaired) electrons. The van der Waals surface area contributed by atoms with Crippen molar-refractivity contribution in [3.8, 4) is 0 Å². The van der Waals surface area contributed by atoms with Crippen LogP contribution < -0.4 is 15.4 Å². The maximum Gasteiger partial charge on any atom is 0.441 e. The highest BCUT2D eigenvalue weighted by molar-refractivity contribution is 7.93. The smallest absolute Gasteiger partial charge is 0.441 e. The maximum atomic E-state index is 14.4. The number of ether oxygens (including phenoxy) is 1. The number of nitrogens with zero attached hydrogens (tertiary/aromatic N) is 1. The summed E-state index contributed by atoms with van der Waals surface area (Å²) >= 11 is 6.96. The highest BCUT2D eigenvalue weighted by Crippen LogP contribution is 2.34. The van der Waals surface area contributed by atoms with Gasteiger partial charge in [-0.25, -0.2) is 18.2 Å². The van der Waals surface area contributed by atoms with Gasteiger partial charge in [-0.05, 0) is 43.3 Å². The number of halogens is 4. The van der Waals surface area contributed by atoms with Crippen LogP contribution in [0, 0.1) is 0 Å². The first-order valence-electron chi connectivity index (χ1n) is 10.0. The van der Waals surface area contributed by atoms with Crippen LogP contribution in [0.15, 0.2) is 65.0 Å². The highest BCUT2D eigenvalue weighted by Gasteiger charge is 2.63. The summed E-state index contributed by atoms with van der Waals surface area (Å²) in [5, 5.41) is 5.13. The molecular formula is C21H18ClF3N4O5S2. The molecule has 0 aliphatic heterocycles. The number of nitrogens with one attached hydrogen (secondary N) is 3. The zero-order chi connectivity index (χ0) is 26.6. The van der Waals surface area contributed by atoms with Crippen molar-refractivity contribution < 1.29 is 35.9 Å². The molecule has 36 heavy (non-hydrogen) atoms. The number of aromatic nitrogens is 1. The molecule has 1 unspecified atom stereocenters. The number of esters is 1. The van der Waals surface area contributed by atoms with Crippen LogP contribution in [0.4, 0.5) is 24.0 Å². The normalized spacial score (nSPS) is 13.4. The summed E-state index contributed by atoms with van der Waals surface area (Å²) in [4.78, 5) is 28.9. The van der Waals surface area contributed by atoms with Crippen LogP contribution in [0.25, 0.3) is 0 Å². The van der Waals surface area contributed by atoms with Gasteiger partial charge in [0.2, 0.25) is 0 Å². The lowest BCUT2D eigenvalue weighted by Gasteiger charge is -2.35. The molecule has 3 N–H and O–H groups in total. The zero-order valence-corrected chi connectivity index (χ0v) is 20.7. The van der Waals surface area contributed by atoms with Gasteiger partial charge in [0.05, 0.1) is 22.1 Å². The molecule has 0 saturated heterocycles. The molecule has 3 rings (SSSR count). The molecule has 15 heteroatoms. The molecule has 1 atom stereocenters. The van der Waals surface area contributed by atoms with E-state index in [-0.39, 0.29) is 26.3 Å². The van der Waals surface area contributed by atoms with Crippen LogP contribution in [-0.4, -0.2) is 43.7 Å². The highest BCUT2D eigenvalue weighted by atomic mass is 35.5. The van der Waals surface area contributed by atoms with E-state index in [2.05, 4.69) is 14.4 Å². The second kappa shape index (κ2) is 10.7. The fraction of sp³-hybridized carbons (Fsp3) is 0.190. The van der Waals surface area contributed by atoms with Gasteiger partial charge in [-0.1, -0.05) is 23.7 Å². The van der Waals surface area contributed by atoms with Crippen molar-refractivity contribution in [2.45, 2.75) is 23.7 Å². The molecular weight excluding hydrogens is 545 g/mol. The van der Waals surface area contributed by atoms with Crippen molar-refractivity contribution in [1.82, 2.24) is 10.3 Å². The Bertz CT molecular complexity index is 1340. The number of carbonyl (C=O) groups is 2. The molecule has 1 heterocycles. The van der Waals surface area contributed by atoms with Crippen LogP contribution in [-0.2, 0) is 19.6 Å². The van der Waals surface area contributed by atoms with Crippen LogP contribution in [0.5, 0.6) is 0 Å². The number of benzene rings is 2. The summed E-state index contributed by atoms with van der Waals surface area (Å²) in [7, 11) is -4.08. The van der Waals surface area contributed by atoms with Gasteiger partial charge < -0.3 is 15.4 Å². The van der Waals surface area contributed by atoms with Gasteiger partial charge in [0.15, 0.2) is 5.13 Å². The molecule has 1 amide bonds. The Kier molecular flexibility index (Phi) is 8.11. The van der Waals surface area contributed by atoms with Gasteiger partial charge in [-0.15, -0.1) is 11.3 Å². The Morgan fingerprint density at radius 3 is 2.33 bits per heavy atom. The van der Waals surface area contributed by atoms with E-state index < -0.39 is 40.3 Å². The number of sulfonamides is 1. The van der Waals surface area contributed by atoms with Crippen molar-refractivity contribution >= 4 is 55.7 Å². The molecule has 3 aromatic rings. The molecule has 0 bridgehead atoms. The quantitative estimate of drug-likeness (QED) is 0.263. The van der Waals surface area contributed by atoms with Crippen molar-refractivity contribution in [1.29, 1.82) is 0 Å². The summed E-state index contributed by atoms with van der Waals surface area (Å²) in [5.74, 6) is -3.13. The van der Waals surface area contributed by atoms with Gasteiger partial charge >= 0.3 is 17.8 Å². The topological polar surface area (TPSA) is 126 Å². The minimum atomic E-state index is -5.40. The van der Waals surface area contributed by atoms with Gasteiger partial charge in [0, 0.05) is 17.3 Å².